The summed E-state index contributed by atoms with van der Waals surface area (Å²) in [7, 11) is 2.35. The van der Waals surface area contributed by atoms with Crippen molar-refractivity contribution in [3.63, 3.8) is 0 Å². The average molecular weight is 316 g/mol. The molecule has 2 rings (SSSR count). The van der Waals surface area contributed by atoms with Crippen LogP contribution in [0.2, 0.25) is 6.04 Å². The number of esters is 2. The highest BCUT2D eigenvalue weighted by Crippen LogP contribution is 2.41. The fraction of sp³-hybridized carbons (Fsp3) is 0.857. The van der Waals surface area contributed by atoms with Gasteiger partial charge in [-0.15, -0.1) is 0 Å². The Labute approximate surface area is 126 Å². The zero-order chi connectivity index (χ0) is 15.5. The van der Waals surface area contributed by atoms with Crippen LogP contribution in [0, 0.1) is 17.8 Å². The summed E-state index contributed by atoms with van der Waals surface area (Å²) in [5.41, 5.74) is 0. The number of rotatable bonds is 7. The minimum absolute atomic E-state index is 0.195. The van der Waals surface area contributed by atoms with Crippen molar-refractivity contribution in [2.24, 2.45) is 17.8 Å². The number of hydrogen-bond acceptors (Lipinski definition) is 6. The van der Waals surface area contributed by atoms with E-state index in [1.807, 2.05) is 0 Å². The largest absolute Gasteiger partial charge is 0.500 e. The van der Waals surface area contributed by atoms with E-state index in [9.17, 15) is 9.59 Å². The van der Waals surface area contributed by atoms with Crippen LogP contribution in [0.4, 0.5) is 0 Å². The zero-order valence-electron chi connectivity index (χ0n) is 12.9. The number of carbonyl (C=O) groups excluding carboxylic acids is 2. The quantitative estimate of drug-likeness (QED) is 0.405. The van der Waals surface area contributed by atoms with Gasteiger partial charge in [-0.2, -0.15) is 0 Å². The zero-order valence-corrected chi connectivity index (χ0v) is 13.9. The second kappa shape index (κ2) is 7.00. The predicted octanol–water partition coefficient (Wildman–Crippen LogP) is 1.76. The second-order valence-corrected chi connectivity index (χ2v) is 8.91. The van der Waals surface area contributed by atoms with Crippen molar-refractivity contribution in [1.82, 2.24) is 0 Å². The Balaban J connectivity index is 1.80. The van der Waals surface area contributed by atoms with Crippen molar-refractivity contribution >= 4 is 20.7 Å². The monoisotopic (exact) mass is 316 g/mol. The Morgan fingerprint density at radius 3 is 2.29 bits per heavy atom. The molecule has 6 nitrogen and oxygen atoms in total. The van der Waals surface area contributed by atoms with Gasteiger partial charge in [0.2, 0.25) is 0 Å². The molecule has 0 aromatic rings. The fourth-order valence-corrected chi connectivity index (χ4v) is 5.23. The summed E-state index contributed by atoms with van der Waals surface area (Å²) >= 11 is 0. The smallest absolute Gasteiger partial charge is 0.393 e. The normalized spacial score (nSPS) is 29.4. The molecule has 3 unspecified atom stereocenters. The van der Waals surface area contributed by atoms with Gasteiger partial charge in [0.05, 0.1) is 11.8 Å². The molecule has 0 bridgehead atoms. The van der Waals surface area contributed by atoms with E-state index in [0.29, 0.717) is 5.92 Å². The van der Waals surface area contributed by atoms with Crippen LogP contribution in [0.1, 0.15) is 32.1 Å². The van der Waals surface area contributed by atoms with Crippen LogP contribution in [0.5, 0.6) is 0 Å². The molecule has 0 amide bonds. The van der Waals surface area contributed by atoms with Crippen LogP contribution < -0.4 is 0 Å². The summed E-state index contributed by atoms with van der Waals surface area (Å²) in [6, 6.07) is 0.768. The molecule has 0 aromatic heterocycles. The first-order chi connectivity index (χ1) is 10.0. The Morgan fingerprint density at radius 1 is 1.05 bits per heavy atom. The van der Waals surface area contributed by atoms with Crippen LogP contribution in [-0.2, 0) is 27.6 Å². The highest BCUT2D eigenvalue weighted by molar-refractivity contribution is 6.60. The number of fused-ring (bicyclic) bond motifs is 1. The molecule has 2 fully saturated rings. The van der Waals surface area contributed by atoms with Crippen LogP contribution in [0.25, 0.3) is 0 Å². The maximum absolute atomic E-state index is 11.6. The first-order valence-electron chi connectivity index (χ1n) is 7.46. The summed E-state index contributed by atoms with van der Waals surface area (Å²) in [4.78, 5) is 23.1. The first-order valence-corrected chi connectivity index (χ1v) is 9.39. The van der Waals surface area contributed by atoms with Gasteiger partial charge in [0.15, 0.2) is 0 Å². The number of cyclic esters (lactones) is 2. The van der Waals surface area contributed by atoms with Crippen LogP contribution in [-0.4, -0.2) is 42.1 Å². The van der Waals surface area contributed by atoms with E-state index in [2.05, 4.69) is 0 Å². The van der Waals surface area contributed by atoms with Gasteiger partial charge in [-0.3, -0.25) is 9.59 Å². The van der Waals surface area contributed by atoms with Crippen molar-refractivity contribution in [2.75, 3.05) is 21.3 Å². The van der Waals surface area contributed by atoms with Gasteiger partial charge < -0.3 is 18.0 Å². The standard InChI is InChI=1S/C14H24O6Si/c1-17-21(18-2,19-3)8-4-5-10-6-7-11-12(9-10)14(16)20-13(11)15/h10-12H,4-9H2,1-3H3. The van der Waals surface area contributed by atoms with E-state index < -0.39 is 8.80 Å². The second-order valence-electron chi connectivity index (χ2n) is 5.82. The molecule has 2 aliphatic rings. The SMILES string of the molecule is CO[Si](CCCC1CCC2C(=O)OC(=O)C2C1)(OC)OC. The van der Waals surface area contributed by atoms with Gasteiger partial charge in [-0.05, 0) is 31.6 Å². The summed E-state index contributed by atoms with van der Waals surface area (Å²) in [6.07, 6.45) is 4.44. The van der Waals surface area contributed by atoms with E-state index in [-0.39, 0.29) is 23.8 Å². The Bertz CT molecular complexity index is 387. The summed E-state index contributed by atoms with van der Waals surface area (Å²) in [5, 5.41) is 0. The van der Waals surface area contributed by atoms with Gasteiger partial charge in [-0.1, -0.05) is 6.42 Å². The third kappa shape index (κ3) is 3.53. The van der Waals surface area contributed by atoms with Crippen molar-refractivity contribution in [1.29, 1.82) is 0 Å². The van der Waals surface area contributed by atoms with Gasteiger partial charge in [-0.25, -0.2) is 0 Å². The van der Waals surface area contributed by atoms with Crippen LogP contribution in [0.15, 0.2) is 0 Å². The molecular weight excluding hydrogens is 292 g/mol. The molecule has 1 aliphatic heterocycles. The van der Waals surface area contributed by atoms with E-state index >= 15 is 0 Å². The highest BCUT2D eigenvalue weighted by atomic mass is 28.4. The molecule has 3 atom stereocenters. The Morgan fingerprint density at radius 2 is 1.67 bits per heavy atom. The molecule has 7 heteroatoms. The minimum atomic E-state index is -2.50. The lowest BCUT2D eigenvalue weighted by molar-refractivity contribution is -0.153. The molecule has 1 aliphatic carbocycles. The third-order valence-electron chi connectivity index (χ3n) is 4.79. The van der Waals surface area contributed by atoms with Crippen molar-refractivity contribution in [2.45, 2.75) is 38.1 Å². The van der Waals surface area contributed by atoms with E-state index in [0.717, 1.165) is 38.1 Å². The van der Waals surface area contributed by atoms with Crippen molar-refractivity contribution in [3.05, 3.63) is 0 Å². The van der Waals surface area contributed by atoms with Gasteiger partial charge in [0, 0.05) is 27.4 Å². The predicted molar refractivity (Wildman–Crippen MR) is 76.2 cm³/mol. The lowest BCUT2D eigenvalue weighted by atomic mass is 9.74. The van der Waals surface area contributed by atoms with Crippen LogP contribution >= 0.6 is 0 Å². The maximum Gasteiger partial charge on any atom is 0.500 e. The topological polar surface area (TPSA) is 71.1 Å². The Kier molecular flexibility index (Phi) is 5.53. The first kappa shape index (κ1) is 16.6. The molecule has 120 valence electrons. The fourth-order valence-electron chi connectivity index (χ4n) is 3.48. The van der Waals surface area contributed by atoms with Crippen LogP contribution in [0.3, 0.4) is 0 Å². The summed E-state index contributed by atoms with van der Waals surface area (Å²) in [6.45, 7) is 0. The van der Waals surface area contributed by atoms with Gasteiger partial charge in [0.1, 0.15) is 0 Å². The minimum Gasteiger partial charge on any atom is -0.393 e. The molecule has 0 aromatic carbocycles. The lowest BCUT2D eigenvalue weighted by Crippen LogP contribution is -2.42. The van der Waals surface area contributed by atoms with Gasteiger partial charge >= 0.3 is 20.7 Å². The van der Waals surface area contributed by atoms with E-state index in [1.54, 1.807) is 21.3 Å². The molecule has 21 heavy (non-hydrogen) atoms. The van der Waals surface area contributed by atoms with E-state index in [1.165, 1.54) is 0 Å². The Hall–Kier alpha value is -0.763. The molecule has 1 heterocycles. The third-order valence-corrected chi connectivity index (χ3v) is 7.63. The number of ether oxygens (including phenoxy) is 1. The maximum atomic E-state index is 11.6. The molecule has 0 spiro atoms. The highest BCUT2D eigenvalue weighted by Gasteiger charge is 2.47. The number of hydrogen-bond donors (Lipinski definition) is 0. The average Bonchev–Trinajstić information content (AvgIpc) is 2.79. The molecule has 1 saturated heterocycles. The lowest BCUT2D eigenvalue weighted by Gasteiger charge is -2.29. The van der Waals surface area contributed by atoms with Crippen molar-refractivity contribution < 1.29 is 27.6 Å². The van der Waals surface area contributed by atoms with Crippen molar-refractivity contribution in [3.8, 4) is 0 Å². The summed E-state index contributed by atoms with van der Waals surface area (Å²) < 4.78 is 20.9. The summed E-state index contributed by atoms with van der Waals surface area (Å²) in [5.74, 6) is -0.608. The molecule has 0 N–H and O–H groups in total. The van der Waals surface area contributed by atoms with Gasteiger partial charge in [0.25, 0.3) is 0 Å². The molecule has 1 saturated carbocycles. The number of carbonyl (C=O) groups is 2. The molecular formula is C14H24O6Si. The van der Waals surface area contributed by atoms with E-state index in [4.69, 9.17) is 18.0 Å². The molecule has 0 radical (unpaired) electrons.